The van der Waals surface area contributed by atoms with Gasteiger partial charge >= 0.3 is 0 Å². The number of nitrogens with zero attached hydrogens (tertiary/aromatic N) is 1. The van der Waals surface area contributed by atoms with Crippen LogP contribution in [0.3, 0.4) is 0 Å². The SMILES string of the molecule is CC1CC(NCC2CC3CCC2C3)CCN1C. The molecule has 5 unspecified atom stereocenters. The zero-order valence-corrected chi connectivity index (χ0v) is 11.5. The maximum atomic E-state index is 3.87. The van der Waals surface area contributed by atoms with Gasteiger partial charge in [-0.2, -0.15) is 0 Å². The molecule has 3 fully saturated rings. The van der Waals surface area contributed by atoms with Crippen LogP contribution in [0.2, 0.25) is 0 Å². The molecule has 0 aromatic heterocycles. The number of piperidine rings is 1. The minimum atomic E-state index is 0.765. The Balaban J connectivity index is 1.42. The van der Waals surface area contributed by atoms with Gasteiger partial charge in [-0.25, -0.2) is 0 Å². The summed E-state index contributed by atoms with van der Waals surface area (Å²) in [4.78, 5) is 2.50. The maximum Gasteiger partial charge on any atom is 0.00941 e. The molecule has 2 saturated carbocycles. The van der Waals surface area contributed by atoms with Crippen LogP contribution in [0.25, 0.3) is 0 Å². The molecule has 0 aromatic carbocycles. The standard InChI is InChI=1S/C15H28N2/c1-11-7-15(5-6-17(11)2)16-10-14-9-12-3-4-13(14)8-12/h11-16H,3-10H2,1-2H3. The number of hydrogen-bond acceptors (Lipinski definition) is 2. The molecule has 1 N–H and O–H groups in total. The molecule has 5 atom stereocenters. The Morgan fingerprint density at radius 2 is 2.00 bits per heavy atom. The van der Waals surface area contributed by atoms with Crippen LogP contribution in [-0.4, -0.2) is 37.1 Å². The second-order valence-corrected chi connectivity index (χ2v) is 6.89. The summed E-state index contributed by atoms with van der Waals surface area (Å²) in [5.74, 6) is 3.20. The first-order chi connectivity index (χ1) is 8.22. The minimum Gasteiger partial charge on any atom is -0.314 e. The van der Waals surface area contributed by atoms with Crippen LogP contribution in [-0.2, 0) is 0 Å². The Morgan fingerprint density at radius 1 is 1.12 bits per heavy atom. The molecule has 2 bridgehead atoms. The average molecular weight is 236 g/mol. The van der Waals surface area contributed by atoms with Gasteiger partial charge in [0.1, 0.15) is 0 Å². The normalized spacial score (nSPS) is 46.6. The van der Waals surface area contributed by atoms with Crippen LogP contribution in [0.1, 0.15) is 45.4 Å². The van der Waals surface area contributed by atoms with Gasteiger partial charge in [-0.1, -0.05) is 6.42 Å². The fourth-order valence-electron chi connectivity index (χ4n) is 4.42. The summed E-state index contributed by atoms with van der Waals surface area (Å²) in [7, 11) is 2.26. The summed E-state index contributed by atoms with van der Waals surface area (Å²) in [6.07, 6.45) is 8.84. The molecule has 3 aliphatic rings. The van der Waals surface area contributed by atoms with Gasteiger partial charge in [0, 0.05) is 12.1 Å². The second-order valence-electron chi connectivity index (χ2n) is 6.89. The zero-order valence-electron chi connectivity index (χ0n) is 11.5. The van der Waals surface area contributed by atoms with Gasteiger partial charge in [-0.15, -0.1) is 0 Å². The summed E-state index contributed by atoms with van der Waals surface area (Å²) in [6, 6.07) is 1.56. The molecule has 2 aliphatic carbocycles. The zero-order chi connectivity index (χ0) is 11.8. The van der Waals surface area contributed by atoms with Gasteiger partial charge in [0.25, 0.3) is 0 Å². The Morgan fingerprint density at radius 3 is 2.65 bits per heavy atom. The molecule has 17 heavy (non-hydrogen) atoms. The number of nitrogens with one attached hydrogen (secondary N) is 1. The summed E-state index contributed by atoms with van der Waals surface area (Å²) in [5.41, 5.74) is 0. The van der Waals surface area contributed by atoms with E-state index >= 15 is 0 Å². The van der Waals surface area contributed by atoms with Gasteiger partial charge < -0.3 is 10.2 Å². The number of fused-ring (bicyclic) bond motifs is 2. The lowest BCUT2D eigenvalue weighted by Gasteiger charge is -2.36. The highest BCUT2D eigenvalue weighted by Crippen LogP contribution is 2.48. The van der Waals surface area contributed by atoms with Crippen LogP contribution in [0.5, 0.6) is 0 Å². The molecule has 0 spiro atoms. The third-order valence-electron chi connectivity index (χ3n) is 5.76. The van der Waals surface area contributed by atoms with E-state index in [1.54, 1.807) is 6.42 Å². The summed E-state index contributed by atoms with van der Waals surface area (Å²) in [6.45, 7) is 4.95. The molecule has 0 amide bonds. The van der Waals surface area contributed by atoms with Crippen molar-refractivity contribution in [3.8, 4) is 0 Å². The van der Waals surface area contributed by atoms with E-state index in [9.17, 15) is 0 Å². The Hall–Kier alpha value is -0.0800. The van der Waals surface area contributed by atoms with E-state index in [0.717, 1.165) is 29.8 Å². The van der Waals surface area contributed by atoms with Crippen molar-refractivity contribution < 1.29 is 0 Å². The third kappa shape index (κ3) is 2.53. The molecule has 1 aliphatic heterocycles. The number of hydrogen-bond donors (Lipinski definition) is 1. The fraction of sp³-hybridized carbons (Fsp3) is 1.00. The molecule has 3 rings (SSSR count). The lowest BCUT2D eigenvalue weighted by molar-refractivity contribution is 0.162. The highest BCUT2D eigenvalue weighted by atomic mass is 15.1. The average Bonchev–Trinajstić information content (AvgIpc) is 2.92. The number of rotatable bonds is 3. The minimum absolute atomic E-state index is 0.765. The first kappa shape index (κ1) is 12.0. The van der Waals surface area contributed by atoms with Gasteiger partial charge in [0.2, 0.25) is 0 Å². The summed E-state index contributed by atoms with van der Waals surface area (Å²) < 4.78 is 0. The van der Waals surface area contributed by atoms with Crippen molar-refractivity contribution in [1.29, 1.82) is 0 Å². The predicted molar refractivity (Wildman–Crippen MR) is 72.1 cm³/mol. The van der Waals surface area contributed by atoms with E-state index < -0.39 is 0 Å². The summed E-state index contributed by atoms with van der Waals surface area (Å²) in [5, 5.41) is 3.87. The second kappa shape index (κ2) is 4.89. The first-order valence-corrected chi connectivity index (χ1v) is 7.66. The molecule has 1 heterocycles. The van der Waals surface area contributed by atoms with Crippen molar-refractivity contribution in [2.24, 2.45) is 17.8 Å². The van der Waals surface area contributed by atoms with Crippen LogP contribution < -0.4 is 5.32 Å². The van der Waals surface area contributed by atoms with Crippen LogP contribution in [0.4, 0.5) is 0 Å². The molecular weight excluding hydrogens is 208 g/mol. The Labute approximate surface area is 106 Å². The van der Waals surface area contributed by atoms with Crippen LogP contribution in [0.15, 0.2) is 0 Å². The van der Waals surface area contributed by atoms with Crippen molar-refractivity contribution in [1.82, 2.24) is 10.2 Å². The van der Waals surface area contributed by atoms with E-state index in [2.05, 4.69) is 24.2 Å². The molecule has 1 saturated heterocycles. The van der Waals surface area contributed by atoms with E-state index in [1.807, 2.05) is 0 Å². The van der Waals surface area contributed by atoms with E-state index in [-0.39, 0.29) is 0 Å². The highest BCUT2D eigenvalue weighted by Gasteiger charge is 2.39. The highest BCUT2D eigenvalue weighted by molar-refractivity contribution is 4.92. The van der Waals surface area contributed by atoms with E-state index in [0.29, 0.717) is 0 Å². The fourth-order valence-corrected chi connectivity index (χ4v) is 4.42. The van der Waals surface area contributed by atoms with Gasteiger partial charge in [0.15, 0.2) is 0 Å². The summed E-state index contributed by atoms with van der Waals surface area (Å²) >= 11 is 0. The van der Waals surface area contributed by atoms with Crippen molar-refractivity contribution in [2.45, 2.75) is 57.5 Å². The van der Waals surface area contributed by atoms with Gasteiger partial charge in [-0.05, 0) is 76.9 Å². The molecule has 0 aromatic rings. The third-order valence-corrected chi connectivity index (χ3v) is 5.76. The molecular formula is C15H28N2. The van der Waals surface area contributed by atoms with Gasteiger partial charge in [0.05, 0.1) is 0 Å². The first-order valence-electron chi connectivity index (χ1n) is 7.66. The molecule has 2 nitrogen and oxygen atoms in total. The van der Waals surface area contributed by atoms with Crippen molar-refractivity contribution in [3.63, 3.8) is 0 Å². The topological polar surface area (TPSA) is 15.3 Å². The van der Waals surface area contributed by atoms with Crippen LogP contribution >= 0.6 is 0 Å². The van der Waals surface area contributed by atoms with Gasteiger partial charge in [-0.3, -0.25) is 0 Å². The maximum absolute atomic E-state index is 3.87. The Kier molecular flexibility index (Phi) is 3.45. The van der Waals surface area contributed by atoms with E-state index in [4.69, 9.17) is 0 Å². The van der Waals surface area contributed by atoms with E-state index in [1.165, 1.54) is 45.2 Å². The molecule has 98 valence electrons. The Bertz CT molecular complexity index is 266. The molecule has 2 heteroatoms. The predicted octanol–water partition coefficient (Wildman–Crippen LogP) is 2.49. The largest absolute Gasteiger partial charge is 0.314 e. The quantitative estimate of drug-likeness (QED) is 0.810. The van der Waals surface area contributed by atoms with Crippen molar-refractivity contribution in [3.05, 3.63) is 0 Å². The smallest absolute Gasteiger partial charge is 0.00941 e. The van der Waals surface area contributed by atoms with Crippen molar-refractivity contribution >= 4 is 0 Å². The lowest BCUT2D eigenvalue weighted by atomic mass is 9.88. The lowest BCUT2D eigenvalue weighted by Crippen LogP contribution is -2.46. The number of likely N-dealkylation sites (tertiary alicyclic amines) is 1. The molecule has 0 radical (unpaired) electrons. The van der Waals surface area contributed by atoms with Crippen LogP contribution in [0, 0.1) is 17.8 Å². The monoisotopic (exact) mass is 236 g/mol. The van der Waals surface area contributed by atoms with Crippen molar-refractivity contribution in [2.75, 3.05) is 20.1 Å².